The number of carbonyl (C=O) groups excluding carboxylic acids is 2. The zero-order valence-electron chi connectivity index (χ0n) is 21.4. The highest BCUT2D eigenvalue weighted by Gasteiger charge is 2.27. The Bertz CT molecular complexity index is 1230. The third kappa shape index (κ3) is 7.06. The summed E-state index contributed by atoms with van der Waals surface area (Å²) < 4.78 is 18.8. The first-order valence-electron chi connectivity index (χ1n) is 12.6. The molecular formula is C31H33FN2O3. The summed E-state index contributed by atoms with van der Waals surface area (Å²) in [5.41, 5.74) is 3.18. The Morgan fingerprint density at radius 1 is 0.973 bits per heavy atom. The monoisotopic (exact) mass is 500 g/mol. The minimum Gasteiger partial charge on any atom is -0.497 e. The van der Waals surface area contributed by atoms with Crippen LogP contribution < -0.4 is 4.74 Å². The lowest BCUT2D eigenvalue weighted by atomic mass is 9.95. The van der Waals surface area contributed by atoms with E-state index in [0.717, 1.165) is 24.0 Å². The van der Waals surface area contributed by atoms with E-state index in [1.165, 1.54) is 12.1 Å². The average Bonchev–Trinajstić information content (AvgIpc) is 2.93. The maximum atomic E-state index is 13.6. The van der Waals surface area contributed by atoms with Crippen LogP contribution in [-0.4, -0.2) is 54.9 Å². The van der Waals surface area contributed by atoms with Crippen molar-refractivity contribution in [3.8, 4) is 5.75 Å². The summed E-state index contributed by atoms with van der Waals surface area (Å²) in [5, 5.41) is 0. The van der Waals surface area contributed by atoms with Gasteiger partial charge in [0.25, 0.3) is 11.8 Å². The first kappa shape index (κ1) is 26.1. The summed E-state index contributed by atoms with van der Waals surface area (Å²) >= 11 is 0. The molecule has 192 valence electrons. The van der Waals surface area contributed by atoms with E-state index in [4.69, 9.17) is 4.74 Å². The quantitative estimate of drug-likeness (QED) is 0.385. The summed E-state index contributed by atoms with van der Waals surface area (Å²) in [7, 11) is 1.60. The molecule has 0 atom stereocenters. The molecule has 0 saturated carbocycles. The second-order valence-electron chi connectivity index (χ2n) is 9.56. The summed E-state index contributed by atoms with van der Waals surface area (Å²) in [4.78, 5) is 30.1. The minimum atomic E-state index is -0.410. The van der Waals surface area contributed by atoms with E-state index in [2.05, 4.69) is 6.08 Å². The molecule has 5 nitrogen and oxygen atoms in total. The minimum absolute atomic E-state index is 0.0262. The zero-order chi connectivity index (χ0) is 26.2. The SMILES string of the molecule is COc1ccc(C(=O)N(C/C(C)=C\c2ccccc2)CC2CCN(C(=O)c3cccc(F)c3)CC2)cc1. The number of carbonyl (C=O) groups is 2. The molecule has 0 N–H and O–H groups in total. The first-order chi connectivity index (χ1) is 17.9. The Hall–Kier alpha value is -3.93. The van der Waals surface area contributed by atoms with Gasteiger partial charge in [0.05, 0.1) is 7.11 Å². The topological polar surface area (TPSA) is 49.9 Å². The predicted octanol–water partition coefficient (Wildman–Crippen LogP) is 5.93. The number of benzene rings is 3. The summed E-state index contributed by atoms with van der Waals surface area (Å²) in [6.45, 7) is 4.34. The fourth-order valence-electron chi connectivity index (χ4n) is 4.75. The maximum absolute atomic E-state index is 13.6. The number of nitrogens with zero attached hydrogens (tertiary/aromatic N) is 2. The van der Waals surface area contributed by atoms with Crippen LogP contribution in [0.5, 0.6) is 5.75 Å². The fourth-order valence-corrected chi connectivity index (χ4v) is 4.75. The average molecular weight is 501 g/mol. The molecule has 37 heavy (non-hydrogen) atoms. The van der Waals surface area contributed by atoms with Crippen molar-refractivity contribution in [2.24, 2.45) is 5.92 Å². The lowest BCUT2D eigenvalue weighted by Gasteiger charge is -2.35. The molecule has 0 bridgehead atoms. The van der Waals surface area contributed by atoms with Gasteiger partial charge in [0.15, 0.2) is 0 Å². The molecule has 1 saturated heterocycles. The van der Waals surface area contributed by atoms with Crippen LogP contribution in [0.2, 0.25) is 0 Å². The van der Waals surface area contributed by atoms with Gasteiger partial charge >= 0.3 is 0 Å². The number of likely N-dealkylation sites (tertiary alicyclic amines) is 1. The van der Waals surface area contributed by atoms with Crippen molar-refractivity contribution >= 4 is 17.9 Å². The number of piperidine rings is 1. The van der Waals surface area contributed by atoms with Gasteiger partial charge in [-0.3, -0.25) is 9.59 Å². The number of hydrogen-bond acceptors (Lipinski definition) is 3. The third-order valence-electron chi connectivity index (χ3n) is 6.73. The number of halogens is 1. The van der Waals surface area contributed by atoms with Gasteiger partial charge in [0.1, 0.15) is 11.6 Å². The van der Waals surface area contributed by atoms with Crippen LogP contribution in [-0.2, 0) is 0 Å². The molecule has 2 amide bonds. The smallest absolute Gasteiger partial charge is 0.254 e. The lowest BCUT2D eigenvalue weighted by Crippen LogP contribution is -2.43. The highest BCUT2D eigenvalue weighted by molar-refractivity contribution is 5.95. The maximum Gasteiger partial charge on any atom is 0.254 e. The Morgan fingerprint density at radius 3 is 2.32 bits per heavy atom. The van der Waals surface area contributed by atoms with Crippen molar-refractivity contribution in [2.75, 3.05) is 33.3 Å². The highest BCUT2D eigenvalue weighted by Crippen LogP contribution is 2.23. The molecule has 1 heterocycles. The Balaban J connectivity index is 1.45. The molecular weight excluding hydrogens is 467 g/mol. The molecule has 1 aliphatic rings. The van der Waals surface area contributed by atoms with Crippen LogP contribution in [0.3, 0.4) is 0 Å². The number of amides is 2. The second-order valence-corrected chi connectivity index (χ2v) is 9.56. The standard InChI is InChI=1S/C31H33FN2O3/c1-23(19-24-7-4-3-5-8-24)21-34(30(35)26-11-13-29(37-2)14-12-26)22-25-15-17-33(18-16-25)31(36)27-9-6-10-28(32)20-27/h3-14,19-20,25H,15-18,21-22H2,1-2H3/b23-19-. The van der Waals surface area contributed by atoms with E-state index in [-0.39, 0.29) is 17.7 Å². The Labute approximate surface area is 218 Å². The van der Waals surface area contributed by atoms with Crippen LogP contribution in [0.15, 0.2) is 84.4 Å². The number of hydrogen-bond donors (Lipinski definition) is 0. The largest absolute Gasteiger partial charge is 0.497 e. The molecule has 0 radical (unpaired) electrons. The van der Waals surface area contributed by atoms with Crippen molar-refractivity contribution in [3.63, 3.8) is 0 Å². The first-order valence-corrected chi connectivity index (χ1v) is 12.6. The van der Waals surface area contributed by atoms with Crippen molar-refractivity contribution in [2.45, 2.75) is 19.8 Å². The normalized spacial score (nSPS) is 14.4. The van der Waals surface area contributed by atoms with Gasteiger partial charge in [-0.15, -0.1) is 0 Å². The Morgan fingerprint density at radius 2 is 1.68 bits per heavy atom. The number of methoxy groups -OCH3 is 1. The second kappa shape index (κ2) is 12.3. The third-order valence-corrected chi connectivity index (χ3v) is 6.73. The van der Waals surface area contributed by atoms with Crippen LogP contribution in [0, 0.1) is 11.7 Å². The summed E-state index contributed by atoms with van der Waals surface area (Å²) in [5.74, 6) is 0.390. The molecule has 0 aromatic heterocycles. The molecule has 6 heteroatoms. The van der Waals surface area contributed by atoms with Crippen LogP contribution in [0.1, 0.15) is 46.0 Å². The van der Waals surface area contributed by atoms with Gasteiger partial charge in [0.2, 0.25) is 0 Å². The summed E-state index contributed by atoms with van der Waals surface area (Å²) in [6.07, 6.45) is 3.68. The van der Waals surface area contributed by atoms with Gasteiger partial charge in [-0.05, 0) is 73.7 Å². The van der Waals surface area contributed by atoms with Crippen molar-refractivity contribution in [1.29, 1.82) is 0 Å². The van der Waals surface area contributed by atoms with E-state index in [1.807, 2.05) is 42.2 Å². The molecule has 0 spiro atoms. The molecule has 1 fully saturated rings. The highest BCUT2D eigenvalue weighted by atomic mass is 19.1. The summed E-state index contributed by atoms with van der Waals surface area (Å²) in [6, 6.07) is 23.1. The van der Waals surface area contributed by atoms with Crippen LogP contribution >= 0.6 is 0 Å². The van der Waals surface area contributed by atoms with E-state index in [0.29, 0.717) is 43.1 Å². The molecule has 3 aromatic carbocycles. The predicted molar refractivity (Wildman–Crippen MR) is 144 cm³/mol. The molecule has 1 aliphatic heterocycles. The Kier molecular flexibility index (Phi) is 8.72. The molecule has 3 aromatic rings. The van der Waals surface area contributed by atoms with E-state index in [1.54, 1.807) is 48.4 Å². The van der Waals surface area contributed by atoms with Gasteiger partial charge < -0.3 is 14.5 Å². The van der Waals surface area contributed by atoms with Crippen molar-refractivity contribution in [3.05, 3.63) is 107 Å². The van der Waals surface area contributed by atoms with Crippen LogP contribution in [0.25, 0.3) is 6.08 Å². The van der Waals surface area contributed by atoms with E-state index < -0.39 is 5.82 Å². The van der Waals surface area contributed by atoms with Crippen molar-refractivity contribution < 1.29 is 18.7 Å². The fraction of sp³-hybridized carbons (Fsp3) is 0.290. The molecule has 4 rings (SSSR count). The lowest BCUT2D eigenvalue weighted by molar-refractivity contribution is 0.0619. The van der Waals surface area contributed by atoms with Gasteiger partial charge in [-0.25, -0.2) is 4.39 Å². The van der Waals surface area contributed by atoms with Gasteiger partial charge in [-0.2, -0.15) is 0 Å². The van der Waals surface area contributed by atoms with Crippen LogP contribution in [0.4, 0.5) is 4.39 Å². The van der Waals surface area contributed by atoms with E-state index in [9.17, 15) is 14.0 Å². The van der Waals surface area contributed by atoms with Gasteiger partial charge in [-0.1, -0.05) is 48.0 Å². The van der Waals surface area contributed by atoms with Gasteiger partial charge in [0, 0.05) is 37.3 Å². The molecule has 0 aliphatic carbocycles. The van der Waals surface area contributed by atoms with Crippen molar-refractivity contribution in [1.82, 2.24) is 9.80 Å². The zero-order valence-corrected chi connectivity index (χ0v) is 21.4. The van der Waals surface area contributed by atoms with E-state index >= 15 is 0 Å². The molecule has 0 unspecified atom stereocenters. The number of rotatable bonds is 8. The number of ether oxygens (including phenoxy) is 1.